The molecule has 0 spiro atoms. The average Bonchev–Trinajstić information content (AvgIpc) is 2.43. The molecule has 0 aliphatic heterocycles. The van der Waals surface area contributed by atoms with Crippen molar-refractivity contribution in [2.75, 3.05) is 20.7 Å². The van der Waals surface area contributed by atoms with Crippen molar-refractivity contribution in [2.24, 2.45) is 11.8 Å². The lowest BCUT2D eigenvalue weighted by Crippen LogP contribution is -2.36. The molecule has 0 bridgehead atoms. The molecule has 0 amide bonds. The Morgan fingerprint density at radius 3 is 2.81 bits per heavy atom. The van der Waals surface area contributed by atoms with Crippen LogP contribution < -0.4 is 4.74 Å². The number of halogens is 1. The molecule has 0 radical (unpaired) electrons. The van der Waals surface area contributed by atoms with Gasteiger partial charge < -0.3 is 14.7 Å². The lowest BCUT2D eigenvalue weighted by molar-refractivity contribution is 0.0337. The van der Waals surface area contributed by atoms with Crippen LogP contribution in [0.4, 0.5) is 4.39 Å². The number of rotatable bonds is 5. The van der Waals surface area contributed by atoms with Crippen LogP contribution in [0.2, 0.25) is 0 Å². The lowest BCUT2D eigenvalue weighted by atomic mass is 9.80. The molecule has 0 saturated heterocycles. The monoisotopic (exact) mass is 295 g/mol. The minimum atomic E-state index is -0.324. The van der Waals surface area contributed by atoms with Gasteiger partial charge in [-0.3, -0.25) is 0 Å². The Bertz CT molecular complexity index is 466. The van der Waals surface area contributed by atoms with Crippen molar-refractivity contribution in [2.45, 2.75) is 38.8 Å². The molecule has 2 rings (SSSR count). The first-order chi connectivity index (χ1) is 9.99. The number of aliphatic hydroxyl groups is 1. The maximum atomic E-state index is 13.7. The van der Waals surface area contributed by atoms with Crippen molar-refractivity contribution in [1.82, 2.24) is 4.90 Å². The van der Waals surface area contributed by atoms with Gasteiger partial charge in [0, 0.05) is 13.1 Å². The van der Waals surface area contributed by atoms with Gasteiger partial charge in [0.05, 0.1) is 13.2 Å². The third-order valence-electron chi connectivity index (χ3n) is 4.42. The Hall–Kier alpha value is -1.13. The quantitative estimate of drug-likeness (QED) is 0.906. The molecule has 3 atom stereocenters. The van der Waals surface area contributed by atoms with Gasteiger partial charge in [0.25, 0.3) is 0 Å². The zero-order valence-corrected chi connectivity index (χ0v) is 13.2. The molecular formula is C17H26FNO2. The fraction of sp³-hybridized carbons (Fsp3) is 0.647. The van der Waals surface area contributed by atoms with E-state index in [1.807, 2.05) is 13.1 Å². The highest BCUT2D eigenvalue weighted by molar-refractivity contribution is 5.29. The van der Waals surface area contributed by atoms with Gasteiger partial charge in [0.2, 0.25) is 0 Å². The molecule has 21 heavy (non-hydrogen) atoms. The number of methoxy groups -OCH3 is 1. The van der Waals surface area contributed by atoms with E-state index in [1.54, 1.807) is 6.07 Å². The molecule has 1 aromatic carbocycles. The van der Waals surface area contributed by atoms with E-state index >= 15 is 0 Å². The highest BCUT2D eigenvalue weighted by Gasteiger charge is 2.27. The van der Waals surface area contributed by atoms with Crippen molar-refractivity contribution in [3.63, 3.8) is 0 Å². The molecule has 1 aliphatic rings. The maximum Gasteiger partial charge on any atom is 0.165 e. The highest BCUT2D eigenvalue weighted by atomic mass is 19.1. The van der Waals surface area contributed by atoms with Crippen LogP contribution >= 0.6 is 0 Å². The van der Waals surface area contributed by atoms with Crippen molar-refractivity contribution in [3.05, 3.63) is 29.6 Å². The summed E-state index contributed by atoms with van der Waals surface area (Å²) in [5, 5.41) is 10.1. The average molecular weight is 295 g/mol. The number of ether oxygens (including phenoxy) is 1. The van der Waals surface area contributed by atoms with Gasteiger partial charge in [0.15, 0.2) is 11.6 Å². The highest BCUT2D eigenvalue weighted by Crippen LogP contribution is 2.29. The largest absolute Gasteiger partial charge is 0.494 e. The van der Waals surface area contributed by atoms with Gasteiger partial charge in [-0.15, -0.1) is 0 Å². The van der Waals surface area contributed by atoms with Crippen LogP contribution in [0.3, 0.4) is 0 Å². The minimum absolute atomic E-state index is 0.198. The van der Waals surface area contributed by atoms with E-state index < -0.39 is 0 Å². The minimum Gasteiger partial charge on any atom is -0.494 e. The van der Waals surface area contributed by atoms with E-state index in [2.05, 4.69) is 11.8 Å². The number of nitrogens with zero attached hydrogens (tertiary/aromatic N) is 1. The number of hydrogen-bond acceptors (Lipinski definition) is 3. The van der Waals surface area contributed by atoms with Crippen LogP contribution in [0.15, 0.2) is 18.2 Å². The topological polar surface area (TPSA) is 32.7 Å². The molecule has 118 valence electrons. The standard InChI is InChI=1S/C17H26FNO2/c1-12-4-6-16(20)14(8-12)11-19(2)10-13-5-7-17(21-3)15(18)9-13/h5,7,9,12,14,16,20H,4,6,8,10-11H2,1-3H3. The number of benzene rings is 1. The third kappa shape index (κ3) is 4.42. The van der Waals surface area contributed by atoms with Gasteiger partial charge in [-0.05, 0) is 55.8 Å². The van der Waals surface area contributed by atoms with E-state index in [9.17, 15) is 9.50 Å². The molecule has 1 fully saturated rings. The molecule has 3 nitrogen and oxygen atoms in total. The molecule has 0 aromatic heterocycles. The zero-order chi connectivity index (χ0) is 15.4. The van der Waals surface area contributed by atoms with E-state index in [-0.39, 0.29) is 17.7 Å². The second kappa shape index (κ2) is 7.23. The van der Waals surface area contributed by atoms with Crippen LogP contribution in [0.25, 0.3) is 0 Å². The van der Waals surface area contributed by atoms with E-state index in [1.165, 1.54) is 13.2 Å². The summed E-state index contributed by atoms with van der Waals surface area (Å²) in [5.74, 6) is 0.958. The van der Waals surface area contributed by atoms with E-state index in [4.69, 9.17) is 4.74 Å². The van der Waals surface area contributed by atoms with Gasteiger partial charge in [-0.2, -0.15) is 0 Å². The molecular weight excluding hydrogens is 269 g/mol. The predicted octanol–water partition coefficient (Wildman–Crippen LogP) is 3.06. The van der Waals surface area contributed by atoms with Gasteiger partial charge in [-0.25, -0.2) is 4.39 Å². The second-order valence-corrected chi connectivity index (χ2v) is 6.41. The van der Waals surface area contributed by atoms with Gasteiger partial charge in [-0.1, -0.05) is 13.0 Å². The van der Waals surface area contributed by atoms with Crippen LogP contribution in [-0.4, -0.2) is 36.8 Å². The Morgan fingerprint density at radius 2 is 2.14 bits per heavy atom. The molecule has 0 heterocycles. The summed E-state index contributed by atoms with van der Waals surface area (Å²) in [4.78, 5) is 2.16. The van der Waals surface area contributed by atoms with E-state index in [0.717, 1.165) is 31.4 Å². The zero-order valence-electron chi connectivity index (χ0n) is 13.2. The summed E-state index contributed by atoms with van der Waals surface area (Å²) >= 11 is 0. The van der Waals surface area contributed by atoms with Crippen LogP contribution in [-0.2, 0) is 6.54 Å². The predicted molar refractivity (Wildman–Crippen MR) is 81.8 cm³/mol. The second-order valence-electron chi connectivity index (χ2n) is 6.41. The third-order valence-corrected chi connectivity index (χ3v) is 4.42. The summed E-state index contributed by atoms with van der Waals surface area (Å²) in [6, 6.07) is 5.07. The molecule has 1 N–H and O–H groups in total. The smallest absolute Gasteiger partial charge is 0.165 e. The fourth-order valence-corrected chi connectivity index (χ4v) is 3.26. The van der Waals surface area contributed by atoms with Gasteiger partial charge in [0.1, 0.15) is 0 Å². The van der Waals surface area contributed by atoms with E-state index in [0.29, 0.717) is 18.4 Å². The first kappa shape index (κ1) is 16.2. The molecule has 3 unspecified atom stereocenters. The maximum absolute atomic E-state index is 13.7. The first-order valence-electron chi connectivity index (χ1n) is 7.68. The normalized spacial score (nSPS) is 26.1. The Labute approximate surface area is 126 Å². The summed E-state index contributed by atoms with van der Waals surface area (Å²) in [5.41, 5.74) is 0.925. The molecule has 1 aliphatic carbocycles. The summed E-state index contributed by atoms with van der Waals surface area (Å²) in [6.07, 6.45) is 2.89. The number of hydrogen-bond donors (Lipinski definition) is 1. The van der Waals surface area contributed by atoms with Crippen molar-refractivity contribution < 1.29 is 14.2 Å². The van der Waals surface area contributed by atoms with Crippen LogP contribution in [0, 0.1) is 17.7 Å². The Morgan fingerprint density at radius 1 is 1.38 bits per heavy atom. The van der Waals surface area contributed by atoms with Crippen LogP contribution in [0.1, 0.15) is 31.7 Å². The van der Waals surface area contributed by atoms with Crippen molar-refractivity contribution in [1.29, 1.82) is 0 Å². The summed E-state index contributed by atoms with van der Waals surface area (Å²) in [6.45, 7) is 3.77. The fourth-order valence-electron chi connectivity index (χ4n) is 3.26. The Balaban J connectivity index is 1.91. The number of aliphatic hydroxyl groups excluding tert-OH is 1. The SMILES string of the molecule is COc1ccc(CN(C)CC2CC(C)CCC2O)cc1F. The summed E-state index contributed by atoms with van der Waals surface area (Å²) < 4.78 is 18.6. The Kier molecular flexibility index (Phi) is 5.59. The lowest BCUT2D eigenvalue weighted by Gasteiger charge is -2.34. The van der Waals surface area contributed by atoms with Crippen molar-refractivity contribution in [3.8, 4) is 5.75 Å². The van der Waals surface area contributed by atoms with Crippen molar-refractivity contribution >= 4 is 0 Å². The first-order valence-corrected chi connectivity index (χ1v) is 7.68. The summed E-state index contributed by atoms with van der Waals surface area (Å²) in [7, 11) is 3.49. The van der Waals surface area contributed by atoms with Crippen LogP contribution in [0.5, 0.6) is 5.75 Å². The molecule has 1 aromatic rings. The van der Waals surface area contributed by atoms with Gasteiger partial charge >= 0.3 is 0 Å². The molecule has 4 heteroatoms. The molecule has 1 saturated carbocycles.